The van der Waals surface area contributed by atoms with Crippen molar-refractivity contribution in [2.24, 2.45) is 0 Å². The van der Waals surface area contributed by atoms with Gasteiger partial charge in [-0.25, -0.2) is 0 Å². The summed E-state index contributed by atoms with van der Waals surface area (Å²) in [5.41, 5.74) is 2.32. The molecule has 1 heterocycles. The van der Waals surface area contributed by atoms with Crippen molar-refractivity contribution in [2.75, 3.05) is 5.32 Å². The van der Waals surface area contributed by atoms with E-state index in [0.717, 1.165) is 20.2 Å². The molecule has 4 heteroatoms. The lowest BCUT2D eigenvalue weighted by Crippen LogP contribution is -2.13. The van der Waals surface area contributed by atoms with Gasteiger partial charge in [-0.05, 0) is 59.0 Å². The predicted molar refractivity (Wildman–Crippen MR) is 88.9 cm³/mol. The van der Waals surface area contributed by atoms with Crippen molar-refractivity contribution in [3.8, 4) is 0 Å². The van der Waals surface area contributed by atoms with Gasteiger partial charge in [0.05, 0.1) is 16.8 Å². The molecule has 0 saturated heterocycles. The van der Waals surface area contributed by atoms with Gasteiger partial charge in [0.1, 0.15) is 0 Å². The van der Waals surface area contributed by atoms with Gasteiger partial charge in [0.2, 0.25) is 0 Å². The highest BCUT2D eigenvalue weighted by molar-refractivity contribution is 14.1. The number of halogens is 1. The molecule has 3 aromatic rings. The third kappa shape index (κ3) is 2.51. The normalized spacial score (nSPS) is 10.4. The second-order valence-electron chi connectivity index (χ2n) is 4.31. The van der Waals surface area contributed by atoms with Gasteiger partial charge in [-0.1, -0.05) is 18.2 Å². The molecule has 0 fully saturated rings. The fraction of sp³-hybridized carbons (Fsp3) is 0. The Balaban J connectivity index is 1.98. The van der Waals surface area contributed by atoms with Crippen molar-refractivity contribution in [3.63, 3.8) is 0 Å². The second kappa shape index (κ2) is 5.58. The van der Waals surface area contributed by atoms with E-state index in [4.69, 9.17) is 0 Å². The highest BCUT2D eigenvalue weighted by Gasteiger charge is 2.10. The number of hydrogen-bond acceptors (Lipinski definition) is 2. The second-order valence-corrected chi connectivity index (χ2v) is 5.47. The maximum Gasteiger partial charge on any atom is 0.256 e. The molecular formula is C16H11IN2O. The summed E-state index contributed by atoms with van der Waals surface area (Å²) >= 11 is 2.16. The number of pyridine rings is 1. The molecule has 0 bridgehead atoms. The Labute approximate surface area is 130 Å². The van der Waals surface area contributed by atoms with Gasteiger partial charge in [0.15, 0.2) is 0 Å². The lowest BCUT2D eigenvalue weighted by molar-refractivity contribution is 0.102. The summed E-state index contributed by atoms with van der Waals surface area (Å²) < 4.78 is 0.931. The minimum Gasteiger partial charge on any atom is -0.321 e. The van der Waals surface area contributed by atoms with Crippen LogP contribution in [-0.2, 0) is 0 Å². The smallest absolute Gasteiger partial charge is 0.256 e. The lowest BCUT2D eigenvalue weighted by Gasteiger charge is -2.09. The van der Waals surface area contributed by atoms with E-state index in [1.807, 2.05) is 54.6 Å². The van der Waals surface area contributed by atoms with Crippen molar-refractivity contribution in [1.29, 1.82) is 0 Å². The number of nitrogens with zero attached hydrogens (tertiary/aromatic N) is 1. The van der Waals surface area contributed by atoms with Crippen LogP contribution >= 0.6 is 22.6 Å². The number of benzene rings is 2. The van der Waals surface area contributed by atoms with Crippen molar-refractivity contribution in [2.45, 2.75) is 0 Å². The molecule has 0 saturated carbocycles. The summed E-state index contributed by atoms with van der Waals surface area (Å²) in [4.78, 5) is 16.6. The molecule has 0 aliphatic heterocycles. The maximum absolute atomic E-state index is 12.3. The molecule has 3 rings (SSSR count). The monoisotopic (exact) mass is 374 g/mol. The molecule has 0 spiro atoms. The Morgan fingerprint density at radius 2 is 1.85 bits per heavy atom. The summed E-state index contributed by atoms with van der Waals surface area (Å²) in [5.74, 6) is -0.105. The molecule has 20 heavy (non-hydrogen) atoms. The van der Waals surface area contributed by atoms with E-state index in [0.29, 0.717) is 5.56 Å². The largest absolute Gasteiger partial charge is 0.321 e. The zero-order chi connectivity index (χ0) is 13.9. The van der Waals surface area contributed by atoms with Crippen LogP contribution in [0, 0.1) is 3.57 Å². The molecule has 0 aliphatic carbocycles. The fourth-order valence-corrected chi connectivity index (χ4v) is 2.68. The van der Waals surface area contributed by atoms with Crippen LogP contribution in [0.1, 0.15) is 10.4 Å². The Morgan fingerprint density at radius 1 is 1.00 bits per heavy atom. The summed E-state index contributed by atoms with van der Waals surface area (Å²) in [5, 5.41) is 3.90. The molecule has 0 aliphatic rings. The van der Waals surface area contributed by atoms with Crippen LogP contribution < -0.4 is 5.32 Å². The molecule has 98 valence electrons. The number of fused-ring (bicyclic) bond motifs is 1. The third-order valence-corrected chi connectivity index (χ3v) is 3.95. The fourth-order valence-electron chi connectivity index (χ4n) is 2.05. The van der Waals surface area contributed by atoms with Gasteiger partial charge in [0, 0.05) is 15.2 Å². The SMILES string of the molecule is O=C(Nc1cccc2ncccc12)c1ccccc1I. The molecule has 3 nitrogen and oxygen atoms in total. The van der Waals surface area contributed by atoms with Crippen LogP contribution in [0.5, 0.6) is 0 Å². The topological polar surface area (TPSA) is 42.0 Å². The molecule has 0 unspecified atom stereocenters. The average Bonchev–Trinajstić information content (AvgIpc) is 2.48. The number of anilines is 1. The Bertz CT molecular complexity index is 781. The molecule has 2 aromatic carbocycles. The Kier molecular flexibility index (Phi) is 3.64. The van der Waals surface area contributed by atoms with Gasteiger partial charge in [-0.2, -0.15) is 0 Å². The highest BCUT2D eigenvalue weighted by atomic mass is 127. The molecule has 1 amide bonds. The quantitative estimate of drug-likeness (QED) is 0.687. The summed E-state index contributed by atoms with van der Waals surface area (Å²) in [6.45, 7) is 0. The lowest BCUT2D eigenvalue weighted by atomic mass is 10.1. The number of rotatable bonds is 2. The van der Waals surface area contributed by atoms with Gasteiger partial charge < -0.3 is 5.32 Å². The van der Waals surface area contributed by atoms with Crippen molar-refractivity contribution in [3.05, 3.63) is 69.9 Å². The number of nitrogens with one attached hydrogen (secondary N) is 1. The molecule has 1 N–H and O–H groups in total. The first kappa shape index (κ1) is 13.1. The van der Waals surface area contributed by atoms with Crippen LogP contribution in [0.4, 0.5) is 5.69 Å². The van der Waals surface area contributed by atoms with Crippen molar-refractivity contribution < 1.29 is 4.79 Å². The standard InChI is InChI=1S/C16H11IN2O/c17-13-7-2-1-5-11(13)16(20)19-15-9-3-8-14-12(15)6-4-10-18-14/h1-10H,(H,19,20). The van der Waals surface area contributed by atoms with E-state index in [2.05, 4.69) is 32.9 Å². The van der Waals surface area contributed by atoms with E-state index in [1.165, 1.54) is 0 Å². The minimum atomic E-state index is -0.105. The van der Waals surface area contributed by atoms with Crippen LogP contribution in [0.2, 0.25) is 0 Å². The first-order valence-electron chi connectivity index (χ1n) is 6.15. The number of hydrogen-bond donors (Lipinski definition) is 1. The number of aromatic nitrogens is 1. The summed E-state index contributed by atoms with van der Waals surface area (Å²) in [6, 6.07) is 17.0. The summed E-state index contributed by atoms with van der Waals surface area (Å²) in [6.07, 6.45) is 1.74. The van der Waals surface area contributed by atoms with Crippen LogP contribution in [0.15, 0.2) is 60.8 Å². The van der Waals surface area contributed by atoms with E-state index in [-0.39, 0.29) is 5.91 Å². The van der Waals surface area contributed by atoms with Gasteiger partial charge in [0.25, 0.3) is 5.91 Å². The van der Waals surface area contributed by atoms with E-state index in [1.54, 1.807) is 6.20 Å². The average molecular weight is 374 g/mol. The van der Waals surface area contributed by atoms with Crippen LogP contribution in [0.25, 0.3) is 10.9 Å². The van der Waals surface area contributed by atoms with Gasteiger partial charge in [-0.15, -0.1) is 0 Å². The molecule has 0 radical (unpaired) electrons. The van der Waals surface area contributed by atoms with Crippen LogP contribution in [0.3, 0.4) is 0 Å². The van der Waals surface area contributed by atoms with Gasteiger partial charge >= 0.3 is 0 Å². The third-order valence-electron chi connectivity index (χ3n) is 3.01. The van der Waals surface area contributed by atoms with E-state index < -0.39 is 0 Å². The summed E-state index contributed by atoms with van der Waals surface area (Å²) in [7, 11) is 0. The zero-order valence-corrected chi connectivity index (χ0v) is 12.7. The number of carbonyl (C=O) groups excluding carboxylic acids is 1. The Morgan fingerprint density at radius 3 is 2.70 bits per heavy atom. The molecule has 1 aromatic heterocycles. The highest BCUT2D eigenvalue weighted by Crippen LogP contribution is 2.22. The Hall–Kier alpha value is -1.95. The van der Waals surface area contributed by atoms with Gasteiger partial charge in [-0.3, -0.25) is 9.78 Å². The first-order chi connectivity index (χ1) is 9.75. The predicted octanol–water partition coefficient (Wildman–Crippen LogP) is 4.09. The molecule has 0 atom stereocenters. The number of amides is 1. The van der Waals surface area contributed by atoms with E-state index >= 15 is 0 Å². The number of carbonyl (C=O) groups is 1. The van der Waals surface area contributed by atoms with E-state index in [9.17, 15) is 4.79 Å². The van der Waals surface area contributed by atoms with Crippen LogP contribution in [-0.4, -0.2) is 10.9 Å². The zero-order valence-electron chi connectivity index (χ0n) is 10.5. The van der Waals surface area contributed by atoms with Crippen molar-refractivity contribution in [1.82, 2.24) is 4.98 Å². The van der Waals surface area contributed by atoms with Crippen molar-refractivity contribution >= 4 is 45.1 Å². The first-order valence-corrected chi connectivity index (χ1v) is 7.23. The molecular weight excluding hydrogens is 363 g/mol. The maximum atomic E-state index is 12.3. The minimum absolute atomic E-state index is 0.105.